The van der Waals surface area contributed by atoms with E-state index in [1.165, 1.54) is 39.1 Å². The Kier molecular flexibility index (Phi) is 11.9. The van der Waals surface area contributed by atoms with Crippen molar-refractivity contribution in [3.8, 4) is 0 Å². The Bertz CT molecular complexity index is 599. The Morgan fingerprint density at radius 1 is 1.28 bits per heavy atom. The van der Waals surface area contributed by atoms with Crippen molar-refractivity contribution in [3.63, 3.8) is 0 Å². The van der Waals surface area contributed by atoms with Gasteiger partial charge >= 0.3 is 5.97 Å². The van der Waals surface area contributed by atoms with Crippen LogP contribution in [0.2, 0.25) is 0 Å². The maximum absolute atomic E-state index is 11.5. The third kappa shape index (κ3) is 9.42. The summed E-state index contributed by atoms with van der Waals surface area (Å²) >= 11 is 0. The topological polar surface area (TPSA) is 105 Å². The van der Waals surface area contributed by atoms with Crippen LogP contribution in [0.4, 0.5) is 5.69 Å². The molecule has 1 aliphatic carbocycles. The van der Waals surface area contributed by atoms with Crippen molar-refractivity contribution in [2.45, 2.75) is 50.5 Å². The number of ether oxygens (including phenoxy) is 1. The molecule has 1 aromatic carbocycles. The monoisotopic (exact) mass is 374 g/mol. The van der Waals surface area contributed by atoms with Crippen molar-refractivity contribution in [1.29, 1.82) is 0 Å². The number of carbonyl (C=O) groups is 1. The van der Waals surface area contributed by atoms with Gasteiger partial charge in [-0.3, -0.25) is 4.79 Å². The summed E-state index contributed by atoms with van der Waals surface area (Å²) in [6.07, 6.45) is 4.60. The number of carbonyl (C=O) groups excluding carboxylic acids is 1. The van der Waals surface area contributed by atoms with Crippen LogP contribution in [-0.4, -0.2) is 46.3 Å². The molecule has 25 heavy (non-hydrogen) atoms. The van der Waals surface area contributed by atoms with Crippen molar-refractivity contribution in [3.05, 3.63) is 24.3 Å². The molecule has 0 amide bonds. The van der Waals surface area contributed by atoms with Crippen LogP contribution >= 0.6 is 0 Å². The SMILES string of the molecule is CC.CNS(=O)(=O)c1cccc(NCC(=O)OC)c1.OC1CCCC1. The van der Waals surface area contributed by atoms with Gasteiger partial charge in [0.15, 0.2) is 0 Å². The molecule has 0 saturated heterocycles. The van der Waals surface area contributed by atoms with Crippen LogP contribution in [0.25, 0.3) is 0 Å². The van der Waals surface area contributed by atoms with Crippen molar-refractivity contribution in [2.24, 2.45) is 0 Å². The molecule has 1 saturated carbocycles. The Morgan fingerprint density at radius 3 is 2.32 bits per heavy atom. The van der Waals surface area contributed by atoms with Gasteiger partial charge in [-0.1, -0.05) is 32.8 Å². The largest absolute Gasteiger partial charge is 0.468 e. The van der Waals surface area contributed by atoms with Gasteiger partial charge < -0.3 is 15.2 Å². The third-order valence-corrected chi connectivity index (χ3v) is 4.81. The second-order valence-corrected chi connectivity index (χ2v) is 6.99. The molecule has 0 atom stereocenters. The molecule has 8 heteroatoms. The van der Waals surface area contributed by atoms with E-state index in [1.807, 2.05) is 13.8 Å². The summed E-state index contributed by atoms with van der Waals surface area (Å²) in [5, 5.41) is 11.5. The van der Waals surface area contributed by atoms with E-state index in [0.29, 0.717) is 5.69 Å². The molecule has 144 valence electrons. The molecule has 1 fully saturated rings. The smallest absolute Gasteiger partial charge is 0.325 e. The Labute approximate surface area is 150 Å². The summed E-state index contributed by atoms with van der Waals surface area (Å²) in [7, 11) is -0.850. The fourth-order valence-corrected chi connectivity index (χ4v) is 2.82. The summed E-state index contributed by atoms with van der Waals surface area (Å²) in [6, 6.07) is 6.16. The zero-order valence-electron chi connectivity index (χ0n) is 15.4. The number of sulfonamides is 1. The maximum Gasteiger partial charge on any atom is 0.325 e. The summed E-state index contributed by atoms with van der Waals surface area (Å²) in [4.78, 5) is 11.0. The van der Waals surface area contributed by atoms with E-state index < -0.39 is 16.0 Å². The predicted octanol–water partition coefficient (Wildman–Crippen LogP) is 2.13. The highest BCUT2D eigenvalue weighted by atomic mass is 32.2. The van der Waals surface area contributed by atoms with Crippen LogP contribution in [0.5, 0.6) is 0 Å². The number of esters is 1. The molecule has 1 aliphatic rings. The van der Waals surface area contributed by atoms with Gasteiger partial charge in [-0.05, 0) is 38.1 Å². The summed E-state index contributed by atoms with van der Waals surface area (Å²) in [5.41, 5.74) is 0.534. The van der Waals surface area contributed by atoms with Gasteiger partial charge in [0.05, 0.1) is 18.1 Å². The molecule has 0 aromatic heterocycles. The molecule has 0 unspecified atom stereocenters. The average molecular weight is 375 g/mol. The van der Waals surface area contributed by atoms with Crippen LogP contribution in [0.3, 0.4) is 0 Å². The molecule has 0 bridgehead atoms. The quantitative estimate of drug-likeness (QED) is 0.682. The Balaban J connectivity index is 0.000000596. The van der Waals surface area contributed by atoms with Gasteiger partial charge in [0.25, 0.3) is 0 Å². The van der Waals surface area contributed by atoms with Gasteiger partial charge in [0.2, 0.25) is 10.0 Å². The second-order valence-electron chi connectivity index (χ2n) is 5.10. The lowest BCUT2D eigenvalue weighted by atomic mass is 10.3. The highest BCUT2D eigenvalue weighted by molar-refractivity contribution is 7.89. The van der Waals surface area contributed by atoms with Crippen LogP contribution in [0.15, 0.2) is 29.2 Å². The molecule has 0 spiro atoms. The van der Waals surface area contributed by atoms with Crippen molar-refractivity contribution in [1.82, 2.24) is 4.72 Å². The van der Waals surface area contributed by atoms with Crippen LogP contribution < -0.4 is 10.0 Å². The average Bonchev–Trinajstić information content (AvgIpc) is 3.13. The lowest BCUT2D eigenvalue weighted by molar-refractivity contribution is -0.138. The van der Waals surface area contributed by atoms with E-state index in [4.69, 9.17) is 5.11 Å². The van der Waals surface area contributed by atoms with Gasteiger partial charge in [0.1, 0.15) is 6.54 Å². The maximum atomic E-state index is 11.5. The number of methoxy groups -OCH3 is 1. The number of nitrogens with one attached hydrogen (secondary N) is 2. The Hall–Kier alpha value is -1.64. The molecule has 0 heterocycles. The van der Waals surface area contributed by atoms with E-state index >= 15 is 0 Å². The Morgan fingerprint density at radius 2 is 1.88 bits per heavy atom. The lowest BCUT2D eigenvalue weighted by Gasteiger charge is -2.07. The van der Waals surface area contributed by atoms with Gasteiger partial charge in [-0.2, -0.15) is 0 Å². The highest BCUT2D eigenvalue weighted by Gasteiger charge is 2.11. The van der Waals surface area contributed by atoms with Crippen molar-refractivity contribution < 1.29 is 23.1 Å². The fraction of sp³-hybridized carbons (Fsp3) is 0.588. The first-order valence-electron chi connectivity index (χ1n) is 8.41. The van der Waals surface area contributed by atoms with E-state index in [1.54, 1.807) is 12.1 Å². The normalized spacial score (nSPS) is 13.8. The molecular weight excluding hydrogens is 344 g/mol. The van der Waals surface area contributed by atoms with E-state index in [9.17, 15) is 13.2 Å². The summed E-state index contributed by atoms with van der Waals surface area (Å²) in [6.45, 7) is 3.99. The number of benzene rings is 1. The zero-order chi connectivity index (χ0) is 19.3. The van der Waals surface area contributed by atoms with Crippen molar-refractivity contribution >= 4 is 21.7 Å². The first-order chi connectivity index (χ1) is 11.9. The van der Waals surface area contributed by atoms with Crippen molar-refractivity contribution in [2.75, 3.05) is 26.0 Å². The minimum Gasteiger partial charge on any atom is -0.468 e. The summed E-state index contributed by atoms with van der Waals surface area (Å²) in [5.74, 6) is -0.424. The fourth-order valence-electron chi connectivity index (χ4n) is 2.04. The second kappa shape index (κ2) is 12.7. The van der Waals surface area contributed by atoms with E-state index in [-0.39, 0.29) is 17.5 Å². The van der Waals surface area contributed by atoms with Crippen LogP contribution in [-0.2, 0) is 19.6 Å². The number of aliphatic hydroxyl groups is 1. The number of aliphatic hydroxyl groups excluding tert-OH is 1. The first kappa shape index (κ1) is 23.4. The number of anilines is 1. The summed E-state index contributed by atoms with van der Waals surface area (Å²) < 4.78 is 29.7. The zero-order valence-corrected chi connectivity index (χ0v) is 16.2. The van der Waals surface area contributed by atoms with Gasteiger partial charge in [0, 0.05) is 5.69 Å². The van der Waals surface area contributed by atoms with Crippen LogP contribution in [0.1, 0.15) is 39.5 Å². The standard InChI is InChI=1S/C10H14N2O4S.C5H10O.C2H6/c1-11-17(14,15)9-5-3-4-8(6-9)12-7-10(13)16-2;6-5-3-1-2-4-5;1-2/h3-6,11-12H,7H2,1-2H3;5-6H,1-4H2;1-2H3. The minimum absolute atomic E-state index is 0.0143. The van der Waals surface area contributed by atoms with Crippen LogP contribution in [0, 0.1) is 0 Å². The molecule has 2 rings (SSSR count). The predicted molar refractivity (Wildman–Crippen MR) is 99.0 cm³/mol. The molecule has 0 aliphatic heterocycles. The minimum atomic E-state index is -3.47. The van der Waals surface area contributed by atoms with E-state index in [0.717, 1.165) is 12.8 Å². The number of hydrogen-bond acceptors (Lipinski definition) is 6. The highest BCUT2D eigenvalue weighted by Crippen LogP contribution is 2.16. The third-order valence-electron chi connectivity index (χ3n) is 3.40. The first-order valence-corrected chi connectivity index (χ1v) is 9.89. The van der Waals surface area contributed by atoms with E-state index in [2.05, 4.69) is 14.8 Å². The molecule has 1 aromatic rings. The molecule has 7 nitrogen and oxygen atoms in total. The molecule has 3 N–H and O–H groups in total. The number of rotatable bonds is 5. The van der Waals surface area contributed by atoms with Gasteiger partial charge in [-0.25, -0.2) is 13.1 Å². The molecular formula is C17H30N2O5S. The molecule has 0 radical (unpaired) electrons. The van der Waals surface area contributed by atoms with Gasteiger partial charge in [-0.15, -0.1) is 0 Å². The number of hydrogen-bond donors (Lipinski definition) is 3. The lowest BCUT2D eigenvalue weighted by Crippen LogP contribution is -2.19.